The van der Waals surface area contributed by atoms with E-state index in [0.717, 1.165) is 5.57 Å². The zero-order valence-corrected chi connectivity index (χ0v) is 18.0. The first-order chi connectivity index (χ1) is 13.0. The zero-order valence-electron chi connectivity index (χ0n) is 15.6. The van der Waals surface area contributed by atoms with Crippen LogP contribution in [0.4, 0.5) is 4.39 Å². The van der Waals surface area contributed by atoms with E-state index in [2.05, 4.69) is 27.8 Å². The van der Waals surface area contributed by atoms with Crippen molar-refractivity contribution in [2.24, 2.45) is 0 Å². The summed E-state index contributed by atoms with van der Waals surface area (Å²) >= 11 is 3.15. The van der Waals surface area contributed by atoms with E-state index in [1.165, 1.54) is 18.2 Å². The average molecular weight is 469 g/mol. The maximum Gasteiger partial charge on any atom is 0.264 e. The van der Waals surface area contributed by atoms with Crippen LogP contribution < -0.4 is 10.0 Å². The van der Waals surface area contributed by atoms with Crippen molar-refractivity contribution in [3.05, 3.63) is 82.1 Å². The van der Waals surface area contributed by atoms with Gasteiger partial charge in [-0.1, -0.05) is 29.8 Å². The summed E-state index contributed by atoms with van der Waals surface area (Å²) in [5, 5.41) is 2.98. The molecule has 0 bridgehead atoms. The second-order valence-corrected chi connectivity index (χ2v) is 9.40. The van der Waals surface area contributed by atoms with Gasteiger partial charge < -0.3 is 0 Å². The number of hydrogen-bond acceptors (Lipinski definition) is 4. The molecule has 0 aliphatic rings. The molecular weight excluding hydrogens is 447 g/mol. The molecule has 0 aliphatic heterocycles. The summed E-state index contributed by atoms with van der Waals surface area (Å²) in [6.45, 7) is 7.52. The van der Waals surface area contributed by atoms with Crippen molar-refractivity contribution in [3.8, 4) is 0 Å². The van der Waals surface area contributed by atoms with E-state index < -0.39 is 33.2 Å². The van der Waals surface area contributed by atoms with Gasteiger partial charge >= 0.3 is 0 Å². The summed E-state index contributed by atoms with van der Waals surface area (Å²) in [5.74, 6) is -1.61. The van der Waals surface area contributed by atoms with E-state index in [1.54, 1.807) is 37.3 Å². The molecule has 0 radical (unpaired) electrons. The quantitative estimate of drug-likeness (QED) is 0.572. The predicted molar refractivity (Wildman–Crippen MR) is 112 cm³/mol. The Labute approximate surface area is 173 Å². The molecule has 0 aromatic heterocycles. The van der Waals surface area contributed by atoms with Gasteiger partial charge in [-0.05, 0) is 66.0 Å². The lowest BCUT2D eigenvalue weighted by atomic mass is 9.86. The van der Waals surface area contributed by atoms with Crippen molar-refractivity contribution in [3.63, 3.8) is 0 Å². The minimum atomic E-state index is -3.95. The third-order valence-corrected chi connectivity index (χ3v) is 5.78. The Morgan fingerprint density at radius 3 is 2.43 bits per heavy atom. The summed E-state index contributed by atoms with van der Waals surface area (Å²) in [5.41, 5.74) is 0.930. The van der Waals surface area contributed by atoms with Gasteiger partial charge in [0.15, 0.2) is 0 Å². The first-order valence-electron chi connectivity index (χ1n) is 8.47. The molecule has 150 valence electrons. The van der Waals surface area contributed by atoms with Crippen molar-refractivity contribution in [1.82, 2.24) is 10.0 Å². The Morgan fingerprint density at radius 2 is 1.86 bits per heavy atom. The average Bonchev–Trinajstić information content (AvgIpc) is 2.62. The number of nitrogens with one attached hydrogen (secondary N) is 2. The van der Waals surface area contributed by atoms with Crippen molar-refractivity contribution in [2.75, 3.05) is 5.88 Å². The van der Waals surface area contributed by atoms with Crippen LogP contribution in [-0.2, 0) is 15.6 Å². The molecule has 5 nitrogen and oxygen atoms in total. The first-order valence-corrected chi connectivity index (χ1v) is 10.9. The van der Waals surface area contributed by atoms with Gasteiger partial charge in [0.2, 0.25) is 10.0 Å². The summed E-state index contributed by atoms with van der Waals surface area (Å²) in [4.78, 5) is 12.1. The number of carbonyl (C=O) groups excluding carboxylic acids is 1. The molecule has 0 spiro atoms. The summed E-state index contributed by atoms with van der Waals surface area (Å²) in [7, 11) is -3.95. The molecule has 2 rings (SSSR count). The molecular formula is C20H22BrFN2O3S. The number of sulfonamides is 1. The number of hydrogen-bond donors (Lipinski definition) is 2. The lowest BCUT2D eigenvalue weighted by Crippen LogP contribution is -2.46. The molecule has 28 heavy (non-hydrogen) atoms. The normalized spacial score (nSPS) is 13.6. The molecule has 0 aliphatic carbocycles. The van der Waals surface area contributed by atoms with Crippen molar-refractivity contribution >= 4 is 31.9 Å². The fourth-order valence-corrected chi connectivity index (χ4v) is 4.15. The number of carbonyl (C=O) groups is 1. The SMILES string of the molecule is C=C(C)C[C@](C)(NCS(=O)(=O)NC(=O)c1ccccc1)c1ccc(F)c(Br)c1. The van der Waals surface area contributed by atoms with Crippen LogP contribution in [0.15, 0.2) is 65.2 Å². The van der Waals surface area contributed by atoms with Crippen LogP contribution in [0.2, 0.25) is 0 Å². The second kappa shape index (κ2) is 8.98. The third-order valence-electron chi connectivity index (χ3n) is 4.15. The predicted octanol–water partition coefficient (Wildman–Crippen LogP) is 4.08. The largest absolute Gasteiger partial charge is 0.292 e. The highest BCUT2D eigenvalue weighted by molar-refractivity contribution is 9.10. The van der Waals surface area contributed by atoms with Crippen LogP contribution in [0.1, 0.15) is 36.2 Å². The highest BCUT2D eigenvalue weighted by atomic mass is 79.9. The van der Waals surface area contributed by atoms with Gasteiger partial charge in [0.1, 0.15) is 11.7 Å². The van der Waals surface area contributed by atoms with Gasteiger partial charge in [0.25, 0.3) is 5.91 Å². The monoisotopic (exact) mass is 468 g/mol. The van der Waals surface area contributed by atoms with Gasteiger partial charge in [0, 0.05) is 11.1 Å². The van der Waals surface area contributed by atoms with E-state index in [1.807, 2.05) is 11.6 Å². The van der Waals surface area contributed by atoms with Crippen LogP contribution in [0, 0.1) is 5.82 Å². The molecule has 8 heteroatoms. The van der Waals surface area contributed by atoms with Gasteiger partial charge in [-0.2, -0.15) is 0 Å². The third kappa shape index (κ3) is 5.98. The van der Waals surface area contributed by atoms with Crippen molar-refractivity contribution in [1.29, 1.82) is 0 Å². The molecule has 2 N–H and O–H groups in total. The Hall–Kier alpha value is -2.03. The maximum atomic E-state index is 13.6. The molecule has 0 fully saturated rings. The fraction of sp³-hybridized carbons (Fsp3) is 0.250. The maximum absolute atomic E-state index is 13.6. The number of halogens is 2. The van der Waals surface area contributed by atoms with Crippen molar-refractivity contribution in [2.45, 2.75) is 25.8 Å². The fourth-order valence-electron chi connectivity index (χ4n) is 2.79. The van der Waals surface area contributed by atoms with E-state index in [9.17, 15) is 17.6 Å². The standard InChI is InChI=1S/C20H22BrFN2O3S/c1-14(2)12-20(3,16-9-10-18(22)17(21)11-16)23-13-28(26,27)24-19(25)15-7-5-4-6-8-15/h4-11,23H,1,12-13H2,2-3H3,(H,24,25)/t20-/m0/s1. The van der Waals surface area contributed by atoms with Crippen LogP contribution in [0.3, 0.4) is 0 Å². The van der Waals surface area contributed by atoms with E-state index in [4.69, 9.17) is 0 Å². The summed E-state index contributed by atoms with van der Waals surface area (Å²) in [6.07, 6.45) is 0.424. The Balaban J connectivity index is 2.19. The molecule has 1 atom stereocenters. The highest BCUT2D eigenvalue weighted by Gasteiger charge is 2.29. The number of benzene rings is 2. The van der Waals surface area contributed by atoms with E-state index >= 15 is 0 Å². The highest BCUT2D eigenvalue weighted by Crippen LogP contribution is 2.30. The molecule has 0 unspecified atom stereocenters. The second-order valence-electron chi connectivity index (χ2n) is 6.83. The number of rotatable bonds is 8. The Morgan fingerprint density at radius 1 is 1.21 bits per heavy atom. The molecule has 2 aromatic carbocycles. The minimum Gasteiger partial charge on any atom is -0.292 e. The summed E-state index contributed by atoms with van der Waals surface area (Å²) in [6, 6.07) is 12.6. The van der Waals surface area contributed by atoms with Gasteiger partial charge in [-0.25, -0.2) is 17.5 Å². The van der Waals surface area contributed by atoms with Gasteiger partial charge in [-0.15, -0.1) is 6.58 Å². The van der Waals surface area contributed by atoms with Gasteiger partial charge in [0.05, 0.1) is 4.47 Å². The van der Waals surface area contributed by atoms with Crippen molar-refractivity contribution < 1.29 is 17.6 Å². The van der Waals surface area contributed by atoms with Crippen LogP contribution >= 0.6 is 15.9 Å². The molecule has 0 heterocycles. The molecule has 0 saturated carbocycles. The lowest BCUT2D eigenvalue weighted by molar-refractivity contribution is 0.0981. The Bertz CT molecular complexity index is 980. The Kier molecular flexibility index (Phi) is 7.14. The van der Waals surface area contributed by atoms with Crippen LogP contribution in [-0.4, -0.2) is 20.2 Å². The van der Waals surface area contributed by atoms with Crippen LogP contribution in [0.5, 0.6) is 0 Å². The van der Waals surface area contributed by atoms with E-state index in [0.29, 0.717) is 12.0 Å². The zero-order chi connectivity index (χ0) is 20.9. The minimum absolute atomic E-state index is 0.248. The van der Waals surface area contributed by atoms with E-state index in [-0.39, 0.29) is 10.0 Å². The van der Waals surface area contributed by atoms with Crippen LogP contribution in [0.25, 0.3) is 0 Å². The number of amides is 1. The topological polar surface area (TPSA) is 75.3 Å². The molecule has 1 amide bonds. The smallest absolute Gasteiger partial charge is 0.264 e. The molecule has 0 saturated heterocycles. The molecule has 2 aromatic rings. The summed E-state index contributed by atoms with van der Waals surface area (Å²) < 4.78 is 40.8. The first kappa shape index (κ1) is 22.3. The lowest BCUT2D eigenvalue weighted by Gasteiger charge is -2.32. The van der Waals surface area contributed by atoms with Gasteiger partial charge in [-0.3, -0.25) is 10.1 Å².